The summed E-state index contributed by atoms with van der Waals surface area (Å²) in [6.45, 7) is 13.4. The summed E-state index contributed by atoms with van der Waals surface area (Å²) in [6.07, 6.45) is 0.395. The van der Waals surface area contributed by atoms with Crippen LogP contribution in [0.4, 0.5) is 0 Å². The zero-order valence-electron chi connectivity index (χ0n) is 19.4. The Morgan fingerprint density at radius 1 is 1.13 bits per heavy atom. The van der Waals surface area contributed by atoms with Gasteiger partial charge in [-0.05, 0) is 69.0 Å². The molecule has 1 unspecified atom stereocenters. The lowest BCUT2D eigenvalue weighted by atomic mass is 10.0. The molecule has 5 nitrogen and oxygen atoms in total. The second-order valence-electron chi connectivity index (χ2n) is 9.23. The molecule has 1 aliphatic heterocycles. The fourth-order valence-corrected chi connectivity index (χ4v) is 3.77. The van der Waals surface area contributed by atoms with Crippen molar-refractivity contribution in [3.8, 4) is 5.75 Å². The first-order valence-electron chi connectivity index (χ1n) is 11.0. The van der Waals surface area contributed by atoms with Gasteiger partial charge >= 0.3 is 5.97 Å². The number of esters is 1. The average molecular weight is 426 g/mol. The number of nitrogens with zero attached hydrogens (tertiary/aromatic N) is 1. The molecule has 31 heavy (non-hydrogen) atoms. The summed E-state index contributed by atoms with van der Waals surface area (Å²) in [5, 5.41) is 0. The molecule has 1 heterocycles. The molecular weight excluding hydrogens is 390 g/mol. The van der Waals surface area contributed by atoms with E-state index in [1.165, 1.54) is 16.7 Å². The Hall–Kier alpha value is -2.37. The number of carbonyl (C=O) groups excluding carboxylic acids is 1. The van der Waals surface area contributed by atoms with Crippen molar-refractivity contribution in [2.75, 3.05) is 26.2 Å². The highest BCUT2D eigenvalue weighted by Gasteiger charge is 2.24. The Labute approximate surface area is 186 Å². The SMILES string of the molecule is Cc1ccccc1COc1ccc(C2CN(CCC(=O)OC(C)(C)C)CCO2)c(C)c1. The van der Waals surface area contributed by atoms with Crippen LogP contribution in [0.25, 0.3) is 0 Å². The van der Waals surface area contributed by atoms with Crippen molar-refractivity contribution in [3.63, 3.8) is 0 Å². The van der Waals surface area contributed by atoms with Crippen LogP contribution in [-0.2, 0) is 20.9 Å². The Morgan fingerprint density at radius 2 is 1.90 bits per heavy atom. The fraction of sp³-hybridized carbons (Fsp3) is 0.500. The Morgan fingerprint density at radius 3 is 2.61 bits per heavy atom. The molecule has 0 bridgehead atoms. The zero-order valence-corrected chi connectivity index (χ0v) is 19.4. The van der Waals surface area contributed by atoms with Gasteiger partial charge in [0.05, 0.1) is 19.1 Å². The van der Waals surface area contributed by atoms with E-state index in [2.05, 4.69) is 43.0 Å². The van der Waals surface area contributed by atoms with Crippen LogP contribution < -0.4 is 4.74 Å². The maximum Gasteiger partial charge on any atom is 0.307 e. The van der Waals surface area contributed by atoms with Gasteiger partial charge in [0.25, 0.3) is 0 Å². The predicted octanol–water partition coefficient (Wildman–Crippen LogP) is 4.99. The van der Waals surface area contributed by atoms with Crippen LogP contribution in [0, 0.1) is 13.8 Å². The standard InChI is InChI=1S/C26H35NO4/c1-19-8-6-7-9-21(19)18-30-22-10-11-23(20(2)16-22)24-17-27(14-15-29-24)13-12-25(28)31-26(3,4)5/h6-11,16,24H,12-15,17-18H2,1-5H3. The number of hydrogen-bond donors (Lipinski definition) is 0. The van der Waals surface area contributed by atoms with Gasteiger partial charge in [-0.3, -0.25) is 9.69 Å². The molecule has 3 rings (SSSR count). The van der Waals surface area contributed by atoms with Crippen molar-refractivity contribution in [3.05, 3.63) is 64.7 Å². The van der Waals surface area contributed by atoms with Crippen LogP contribution in [0.2, 0.25) is 0 Å². The summed E-state index contributed by atoms with van der Waals surface area (Å²) in [5.41, 5.74) is 4.31. The summed E-state index contributed by atoms with van der Waals surface area (Å²) in [4.78, 5) is 14.3. The third kappa shape index (κ3) is 7.08. The van der Waals surface area contributed by atoms with Crippen LogP contribution in [0.1, 0.15) is 55.5 Å². The van der Waals surface area contributed by atoms with Gasteiger partial charge in [0.15, 0.2) is 0 Å². The van der Waals surface area contributed by atoms with Crippen LogP contribution in [-0.4, -0.2) is 42.7 Å². The van der Waals surface area contributed by atoms with Crippen LogP contribution in [0.5, 0.6) is 5.75 Å². The molecule has 0 aromatic heterocycles. The molecular formula is C26H35NO4. The van der Waals surface area contributed by atoms with Gasteiger partial charge in [-0.2, -0.15) is 0 Å². The number of carbonyl (C=O) groups is 1. The molecule has 168 valence electrons. The molecule has 0 spiro atoms. The topological polar surface area (TPSA) is 48.0 Å². The lowest BCUT2D eigenvalue weighted by Gasteiger charge is -2.33. The van der Waals surface area contributed by atoms with Gasteiger partial charge in [-0.15, -0.1) is 0 Å². The lowest BCUT2D eigenvalue weighted by molar-refractivity contribution is -0.155. The van der Waals surface area contributed by atoms with Gasteiger partial charge in [-0.25, -0.2) is 0 Å². The van der Waals surface area contributed by atoms with E-state index >= 15 is 0 Å². The highest BCUT2D eigenvalue weighted by Crippen LogP contribution is 2.28. The van der Waals surface area contributed by atoms with Crippen molar-refractivity contribution >= 4 is 5.97 Å². The van der Waals surface area contributed by atoms with E-state index in [0.717, 1.165) is 24.4 Å². The molecule has 0 N–H and O–H groups in total. The minimum absolute atomic E-state index is 0.00203. The smallest absolute Gasteiger partial charge is 0.307 e. The molecule has 0 saturated carbocycles. The van der Waals surface area contributed by atoms with Crippen molar-refractivity contribution in [2.24, 2.45) is 0 Å². The molecule has 5 heteroatoms. The van der Waals surface area contributed by atoms with Crippen molar-refractivity contribution < 1.29 is 19.0 Å². The highest BCUT2D eigenvalue weighted by atomic mass is 16.6. The lowest BCUT2D eigenvalue weighted by Crippen LogP contribution is -2.40. The maximum absolute atomic E-state index is 12.0. The van der Waals surface area contributed by atoms with Gasteiger partial charge in [0.2, 0.25) is 0 Å². The van der Waals surface area contributed by atoms with Crippen LogP contribution in [0.15, 0.2) is 42.5 Å². The largest absolute Gasteiger partial charge is 0.489 e. The van der Waals surface area contributed by atoms with E-state index in [9.17, 15) is 4.79 Å². The van der Waals surface area contributed by atoms with Crippen molar-refractivity contribution in [1.29, 1.82) is 0 Å². The number of aryl methyl sites for hydroxylation is 2. The van der Waals surface area contributed by atoms with Gasteiger partial charge in [0, 0.05) is 19.6 Å². The monoisotopic (exact) mass is 425 g/mol. The van der Waals surface area contributed by atoms with Gasteiger partial charge in [-0.1, -0.05) is 30.3 Å². The van der Waals surface area contributed by atoms with E-state index in [-0.39, 0.29) is 12.1 Å². The first-order chi connectivity index (χ1) is 14.7. The third-order valence-electron chi connectivity index (χ3n) is 5.45. The molecule has 0 amide bonds. The highest BCUT2D eigenvalue weighted by molar-refractivity contribution is 5.70. The number of ether oxygens (including phenoxy) is 3. The number of morpholine rings is 1. The average Bonchev–Trinajstić information content (AvgIpc) is 2.71. The van der Waals surface area contributed by atoms with Gasteiger partial charge < -0.3 is 14.2 Å². The van der Waals surface area contributed by atoms with E-state index in [4.69, 9.17) is 14.2 Å². The quantitative estimate of drug-likeness (QED) is 0.585. The van der Waals surface area contributed by atoms with Crippen molar-refractivity contribution in [1.82, 2.24) is 4.90 Å². The Balaban J connectivity index is 1.55. The minimum atomic E-state index is -0.440. The van der Waals surface area contributed by atoms with E-state index in [1.54, 1.807) is 0 Å². The van der Waals surface area contributed by atoms with E-state index < -0.39 is 5.60 Å². The second kappa shape index (κ2) is 10.3. The Bertz CT molecular complexity index is 887. The third-order valence-corrected chi connectivity index (χ3v) is 5.45. The van der Waals surface area contributed by atoms with Gasteiger partial charge in [0.1, 0.15) is 18.0 Å². The summed E-state index contributed by atoms with van der Waals surface area (Å²) >= 11 is 0. The minimum Gasteiger partial charge on any atom is -0.489 e. The number of benzene rings is 2. The molecule has 0 aliphatic carbocycles. The normalized spacial score (nSPS) is 17.4. The molecule has 2 aromatic carbocycles. The summed E-state index contributed by atoms with van der Waals surface area (Å²) in [6, 6.07) is 14.5. The van der Waals surface area contributed by atoms with Crippen LogP contribution >= 0.6 is 0 Å². The number of rotatable bonds is 7. The first-order valence-corrected chi connectivity index (χ1v) is 11.0. The summed E-state index contributed by atoms with van der Waals surface area (Å²) < 4.78 is 17.5. The first kappa shape index (κ1) is 23.3. The molecule has 1 fully saturated rings. The number of hydrogen-bond acceptors (Lipinski definition) is 5. The van der Waals surface area contributed by atoms with E-state index in [0.29, 0.717) is 26.2 Å². The van der Waals surface area contributed by atoms with E-state index in [1.807, 2.05) is 39.0 Å². The zero-order chi connectivity index (χ0) is 22.4. The van der Waals surface area contributed by atoms with Crippen molar-refractivity contribution in [2.45, 2.75) is 59.4 Å². The van der Waals surface area contributed by atoms with Crippen LogP contribution in [0.3, 0.4) is 0 Å². The Kier molecular flexibility index (Phi) is 7.74. The maximum atomic E-state index is 12.0. The molecule has 1 atom stereocenters. The molecule has 1 saturated heterocycles. The summed E-state index contributed by atoms with van der Waals surface area (Å²) in [5.74, 6) is 0.712. The summed E-state index contributed by atoms with van der Waals surface area (Å²) in [7, 11) is 0. The fourth-order valence-electron chi connectivity index (χ4n) is 3.77. The molecule has 1 aliphatic rings. The molecule has 0 radical (unpaired) electrons. The predicted molar refractivity (Wildman–Crippen MR) is 122 cm³/mol. The molecule has 2 aromatic rings. The second-order valence-corrected chi connectivity index (χ2v) is 9.23.